The van der Waals surface area contributed by atoms with Crippen LogP contribution in [-0.2, 0) is 11.3 Å². The molecule has 1 aliphatic rings. The molecule has 1 fully saturated rings. The average Bonchev–Trinajstić information content (AvgIpc) is 2.72. The molecule has 158 valence electrons. The summed E-state index contributed by atoms with van der Waals surface area (Å²) in [5, 5.41) is 3.43. The summed E-state index contributed by atoms with van der Waals surface area (Å²) in [7, 11) is 3.87. The van der Waals surface area contributed by atoms with E-state index in [0.29, 0.717) is 12.5 Å². The number of methoxy groups -OCH3 is 1. The fourth-order valence-electron chi connectivity index (χ4n) is 3.50. The molecule has 0 amide bonds. The minimum Gasteiger partial charge on any atom is -0.494 e. The second kappa shape index (κ2) is 12.6. The van der Waals surface area contributed by atoms with Gasteiger partial charge in [0.2, 0.25) is 0 Å². The zero-order valence-electron chi connectivity index (χ0n) is 18.1. The smallest absolute Gasteiger partial charge is 0.193 e. The van der Waals surface area contributed by atoms with Gasteiger partial charge in [0, 0.05) is 40.3 Å². The number of nitrogens with zero attached hydrogens (tertiary/aromatic N) is 3. The monoisotopic (exact) mass is 390 g/mol. The fourth-order valence-corrected chi connectivity index (χ4v) is 3.50. The molecule has 0 bridgehead atoms. The Labute approximate surface area is 170 Å². The van der Waals surface area contributed by atoms with E-state index in [1.54, 1.807) is 7.11 Å². The van der Waals surface area contributed by atoms with Crippen LogP contribution in [0.25, 0.3) is 0 Å². The summed E-state index contributed by atoms with van der Waals surface area (Å²) in [6.07, 6.45) is 2.43. The highest BCUT2D eigenvalue weighted by molar-refractivity contribution is 5.79. The van der Waals surface area contributed by atoms with Gasteiger partial charge in [0.15, 0.2) is 5.96 Å². The van der Waals surface area contributed by atoms with Gasteiger partial charge in [0.1, 0.15) is 5.75 Å². The Balaban J connectivity index is 1.85. The molecule has 2 rings (SSSR count). The van der Waals surface area contributed by atoms with Crippen LogP contribution in [-0.4, -0.2) is 75.9 Å². The number of nitrogens with one attached hydrogen (secondary N) is 1. The third-order valence-corrected chi connectivity index (χ3v) is 5.17. The molecule has 0 radical (unpaired) electrons. The van der Waals surface area contributed by atoms with Crippen LogP contribution in [0.4, 0.5) is 0 Å². The first-order valence-corrected chi connectivity index (χ1v) is 10.6. The molecule has 0 spiro atoms. The molecule has 1 aromatic carbocycles. The second-order valence-corrected chi connectivity index (χ2v) is 7.41. The molecule has 1 N–H and O–H groups in total. The van der Waals surface area contributed by atoms with E-state index < -0.39 is 0 Å². The molecule has 6 nitrogen and oxygen atoms in total. The first kappa shape index (κ1) is 22.5. The maximum atomic E-state index is 5.53. The van der Waals surface area contributed by atoms with Crippen molar-refractivity contribution >= 4 is 5.96 Å². The third kappa shape index (κ3) is 7.68. The minimum atomic E-state index is 0.673. The van der Waals surface area contributed by atoms with E-state index in [2.05, 4.69) is 41.2 Å². The molecular weight excluding hydrogens is 352 g/mol. The van der Waals surface area contributed by atoms with Crippen LogP contribution in [0.15, 0.2) is 29.3 Å². The number of ether oxygens (including phenoxy) is 2. The van der Waals surface area contributed by atoms with Gasteiger partial charge in [-0.15, -0.1) is 0 Å². The van der Waals surface area contributed by atoms with Crippen molar-refractivity contribution in [1.82, 2.24) is 15.1 Å². The molecule has 1 heterocycles. The lowest BCUT2D eigenvalue weighted by Crippen LogP contribution is -2.40. The second-order valence-electron chi connectivity index (χ2n) is 7.41. The molecule has 0 atom stereocenters. The zero-order chi connectivity index (χ0) is 20.2. The van der Waals surface area contributed by atoms with Crippen molar-refractivity contribution in [3.8, 4) is 5.75 Å². The Bertz CT molecular complexity index is 568. The van der Waals surface area contributed by atoms with Crippen molar-refractivity contribution in [2.75, 3.05) is 60.1 Å². The van der Waals surface area contributed by atoms with Crippen molar-refractivity contribution in [2.45, 2.75) is 33.2 Å². The molecule has 1 aliphatic heterocycles. The van der Waals surface area contributed by atoms with Gasteiger partial charge in [-0.2, -0.15) is 0 Å². The van der Waals surface area contributed by atoms with Crippen molar-refractivity contribution in [3.05, 3.63) is 29.8 Å². The fraction of sp³-hybridized carbons (Fsp3) is 0.682. The Hall–Kier alpha value is -1.79. The Morgan fingerprint density at radius 1 is 1.21 bits per heavy atom. The quantitative estimate of drug-likeness (QED) is 0.492. The van der Waals surface area contributed by atoms with E-state index in [4.69, 9.17) is 14.5 Å². The molecule has 28 heavy (non-hydrogen) atoms. The van der Waals surface area contributed by atoms with Gasteiger partial charge < -0.3 is 24.6 Å². The van der Waals surface area contributed by atoms with Crippen molar-refractivity contribution in [1.29, 1.82) is 0 Å². The largest absolute Gasteiger partial charge is 0.494 e. The number of hydrogen-bond acceptors (Lipinski definition) is 4. The number of guanidine groups is 1. The number of piperidine rings is 1. The SMILES string of the molecule is CCNC(=NCC1CCN(CCOC)CC1)N(C)Cc1ccc(OCC)cc1. The van der Waals surface area contributed by atoms with E-state index >= 15 is 0 Å². The summed E-state index contributed by atoms with van der Waals surface area (Å²) < 4.78 is 10.7. The van der Waals surface area contributed by atoms with Gasteiger partial charge in [0.25, 0.3) is 0 Å². The third-order valence-electron chi connectivity index (χ3n) is 5.17. The molecule has 6 heteroatoms. The summed E-state index contributed by atoms with van der Waals surface area (Å²) in [5.41, 5.74) is 1.25. The highest BCUT2D eigenvalue weighted by Crippen LogP contribution is 2.18. The topological polar surface area (TPSA) is 49.3 Å². The van der Waals surface area contributed by atoms with Gasteiger partial charge in [0.05, 0.1) is 13.2 Å². The molecule has 1 aromatic rings. The van der Waals surface area contributed by atoms with Crippen molar-refractivity contribution in [2.24, 2.45) is 10.9 Å². The predicted octanol–water partition coefficient (Wildman–Crippen LogP) is 2.84. The van der Waals surface area contributed by atoms with Crippen LogP contribution in [0, 0.1) is 5.92 Å². The lowest BCUT2D eigenvalue weighted by atomic mass is 9.97. The first-order chi connectivity index (χ1) is 13.7. The predicted molar refractivity (Wildman–Crippen MR) is 116 cm³/mol. The van der Waals surface area contributed by atoms with Crippen LogP contribution >= 0.6 is 0 Å². The minimum absolute atomic E-state index is 0.673. The molecule has 1 saturated heterocycles. The van der Waals surface area contributed by atoms with Gasteiger partial charge in [-0.3, -0.25) is 4.99 Å². The lowest BCUT2D eigenvalue weighted by Gasteiger charge is -2.31. The Kier molecular flexibility index (Phi) is 10.1. The summed E-state index contributed by atoms with van der Waals surface area (Å²) >= 11 is 0. The molecular formula is C22H38N4O2. The maximum absolute atomic E-state index is 5.53. The number of benzene rings is 1. The normalized spacial score (nSPS) is 16.2. The van der Waals surface area contributed by atoms with Gasteiger partial charge >= 0.3 is 0 Å². The van der Waals surface area contributed by atoms with Gasteiger partial charge in [-0.05, 0) is 63.4 Å². The Morgan fingerprint density at radius 3 is 2.54 bits per heavy atom. The van der Waals surface area contributed by atoms with Gasteiger partial charge in [-0.1, -0.05) is 12.1 Å². The van der Waals surface area contributed by atoms with E-state index in [1.165, 1.54) is 18.4 Å². The maximum Gasteiger partial charge on any atom is 0.193 e. The van der Waals surface area contributed by atoms with Crippen LogP contribution in [0.5, 0.6) is 5.75 Å². The van der Waals surface area contributed by atoms with E-state index in [-0.39, 0.29) is 0 Å². The molecule has 0 unspecified atom stereocenters. The Morgan fingerprint density at radius 2 is 1.93 bits per heavy atom. The van der Waals surface area contributed by atoms with Crippen LogP contribution in [0.1, 0.15) is 32.3 Å². The number of aliphatic imine (C=N–C) groups is 1. The molecule has 0 aliphatic carbocycles. The summed E-state index contributed by atoms with van der Waals surface area (Å²) in [6, 6.07) is 8.32. The number of rotatable bonds is 10. The van der Waals surface area contributed by atoms with Crippen LogP contribution in [0.2, 0.25) is 0 Å². The number of likely N-dealkylation sites (tertiary alicyclic amines) is 1. The molecule has 0 saturated carbocycles. The van der Waals surface area contributed by atoms with Crippen LogP contribution in [0.3, 0.4) is 0 Å². The van der Waals surface area contributed by atoms with E-state index in [1.807, 2.05) is 19.1 Å². The zero-order valence-corrected chi connectivity index (χ0v) is 18.1. The highest BCUT2D eigenvalue weighted by Gasteiger charge is 2.19. The van der Waals surface area contributed by atoms with E-state index in [0.717, 1.165) is 57.6 Å². The summed E-state index contributed by atoms with van der Waals surface area (Å²) in [5.74, 6) is 2.58. The van der Waals surface area contributed by atoms with Gasteiger partial charge in [-0.25, -0.2) is 0 Å². The first-order valence-electron chi connectivity index (χ1n) is 10.6. The van der Waals surface area contributed by atoms with Crippen molar-refractivity contribution < 1.29 is 9.47 Å². The summed E-state index contributed by atoms with van der Waals surface area (Å²) in [4.78, 5) is 9.63. The average molecular weight is 391 g/mol. The lowest BCUT2D eigenvalue weighted by molar-refractivity contribution is 0.121. The summed E-state index contributed by atoms with van der Waals surface area (Å²) in [6.45, 7) is 11.6. The number of hydrogen-bond donors (Lipinski definition) is 1. The molecule has 0 aromatic heterocycles. The van der Waals surface area contributed by atoms with Crippen LogP contribution < -0.4 is 10.1 Å². The standard InChI is InChI=1S/C22H38N4O2/c1-5-23-22(24-17-19-11-13-26(14-12-19)15-16-27-4)25(3)18-20-7-9-21(10-8-20)28-6-2/h7-10,19H,5-6,11-18H2,1-4H3,(H,23,24). The van der Waals surface area contributed by atoms with E-state index in [9.17, 15) is 0 Å². The highest BCUT2D eigenvalue weighted by atomic mass is 16.5. The van der Waals surface area contributed by atoms with Crippen molar-refractivity contribution in [3.63, 3.8) is 0 Å².